The highest BCUT2D eigenvalue weighted by molar-refractivity contribution is 7.47. The van der Waals surface area contributed by atoms with Crippen molar-refractivity contribution in [2.45, 2.75) is 73.2 Å². The molecule has 39 heteroatoms. The van der Waals surface area contributed by atoms with E-state index in [1.54, 1.807) is 0 Å². The molecular formula is C17H38N2O31P6. The Bertz CT molecular complexity index is 1490. The number of carbonyl (C=O) groups is 1. The molecule has 2 rings (SSSR count). The summed E-state index contributed by atoms with van der Waals surface area (Å²) in [5, 5.41) is 46.7. The maximum absolute atomic E-state index is 12.3. The molecule has 0 heterocycles. The van der Waals surface area contributed by atoms with Crippen molar-refractivity contribution in [1.29, 1.82) is 0 Å². The Balaban J connectivity index is 2.11. The summed E-state index contributed by atoms with van der Waals surface area (Å²) in [6.45, 7) is -2.87. The first-order chi connectivity index (χ1) is 25.1. The maximum atomic E-state index is 12.3. The summed E-state index contributed by atoms with van der Waals surface area (Å²) in [4.78, 5) is 123. The van der Waals surface area contributed by atoms with Gasteiger partial charge in [0.15, 0.2) is 0 Å². The number of nitrogens with one attached hydrogen (secondary N) is 2. The van der Waals surface area contributed by atoms with Gasteiger partial charge in [0.05, 0.1) is 13.2 Å². The molecule has 18 N–H and O–H groups in total. The first-order valence-electron chi connectivity index (χ1n) is 14.5. The zero-order chi connectivity index (χ0) is 43.4. The van der Waals surface area contributed by atoms with Gasteiger partial charge < -0.3 is 99.3 Å². The van der Waals surface area contributed by atoms with Crippen molar-refractivity contribution >= 4 is 53.0 Å². The molecule has 332 valence electrons. The van der Waals surface area contributed by atoms with Crippen LogP contribution >= 0.6 is 46.9 Å². The minimum Gasteiger partial charge on any atom is -0.387 e. The van der Waals surface area contributed by atoms with Gasteiger partial charge in [0.2, 0.25) is 0 Å². The Morgan fingerprint density at radius 3 is 0.750 bits per heavy atom. The topological polar surface area (TPSA) is 541 Å². The second kappa shape index (κ2) is 20.0. The van der Waals surface area contributed by atoms with E-state index in [0.29, 0.717) is 0 Å². The van der Waals surface area contributed by atoms with Gasteiger partial charge in [0.1, 0.15) is 73.2 Å². The molecule has 0 aliphatic heterocycles. The Labute approximate surface area is 311 Å². The number of hydrogen-bond acceptors (Lipinski definition) is 19. The molecule has 56 heavy (non-hydrogen) atoms. The number of aliphatic hydroxyl groups is 4. The van der Waals surface area contributed by atoms with Crippen LogP contribution in [0.3, 0.4) is 0 Å². The predicted octanol–water partition coefficient (Wildman–Crippen LogP) is -6.61. The van der Waals surface area contributed by atoms with E-state index >= 15 is 0 Å². The third-order valence-corrected chi connectivity index (χ3v) is 10.0. The highest BCUT2D eigenvalue weighted by atomic mass is 31.2. The number of amides is 2. The van der Waals surface area contributed by atoms with E-state index in [-0.39, 0.29) is 0 Å². The van der Waals surface area contributed by atoms with E-state index in [1.807, 2.05) is 0 Å². The van der Waals surface area contributed by atoms with Crippen molar-refractivity contribution in [2.75, 3.05) is 26.3 Å². The van der Waals surface area contributed by atoms with Crippen molar-refractivity contribution in [3.63, 3.8) is 0 Å². The molecule has 0 aromatic carbocycles. The largest absolute Gasteiger partial charge is 0.470 e. The van der Waals surface area contributed by atoms with Gasteiger partial charge in [0, 0.05) is 13.1 Å². The van der Waals surface area contributed by atoms with Crippen LogP contribution in [0, 0.1) is 0 Å². The van der Waals surface area contributed by atoms with Gasteiger partial charge in [0.25, 0.3) is 0 Å². The third-order valence-electron chi connectivity index (χ3n) is 6.94. The lowest BCUT2D eigenvalue weighted by atomic mass is 9.85. The summed E-state index contributed by atoms with van der Waals surface area (Å²) in [5.41, 5.74) is 0. The summed E-state index contributed by atoms with van der Waals surface area (Å²) in [5.74, 6) is 0. The second-order valence-electron chi connectivity index (χ2n) is 11.2. The van der Waals surface area contributed by atoms with E-state index < -0.39 is 153 Å². The van der Waals surface area contributed by atoms with Crippen LogP contribution in [0.25, 0.3) is 0 Å². The Morgan fingerprint density at radius 2 is 0.554 bits per heavy atom. The van der Waals surface area contributed by atoms with Gasteiger partial charge in [-0.25, -0.2) is 32.2 Å². The normalized spacial score (nSPS) is 32.6. The molecule has 0 bridgehead atoms. The minimum absolute atomic E-state index is 0.630. The smallest absolute Gasteiger partial charge is 0.387 e. The molecule has 0 spiro atoms. The monoisotopic (exact) mass is 952 g/mol. The van der Waals surface area contributed by atoms with Gasteiger partial charge in [-0.15, -0.1) is 0 Å². The van der Waals surface area contributed by atoms with Crippen LogP contribution in [0.1, 0.15) is 0 Å². The number of phosphoric ester groups is 6. The third kappa shape index (κ3) is 17.7. The van der Waals surface area contributed by atoms with Crippen molar-refractivity contribution in [1.82, 2.24) is 10.6 Å². The zero-order valence-electron chi connectivity index (χ0n) is 27.2. The van der Waals surface area contributed by atoms with E-state index in [0.717, 1.165) is 0 Å². The fourth-order valence-electron chi connectivity index (χ4n) is 5.16. The molecule has 0 aromatic heterocycles. The Kier molecular flexibility index (Phi) is 18.5. The molecule has 2 saturated carbocycles. The van der Waals surface area contributed by atoms with Crippen molar-refractivity contribution in [3.8, 4) is 0 Å². The Morgan fingerprint density at radius 1 is 0.375 bits per heavy atom. The van der Waals surface area contributed by atoms with E-state index in [1.165, 1.54) is 0 Å². The van der Waals surface area contributed by atoms with Gasteiger partial charge in [-0.3, -0.25) is 27.1 Å². The van der Waals surface area contributed by atoms with E-state index in [2.05, 4.69) is 37.8 Å². The lowest BCUT2D eigenvalue weighted by molar-refractivity contribution is -0.224. The number of phosphoric acid groups is 6. The molecule has 0 saturated heterocycles. The first kappa shape index (κ1) is 51.8. The zero-order valence-corrected chi connectivity index (χ0v) is 32.6. The fourth-order valence-corrected chi connectivity index (χ4v) is 8.53. The van der Waals surface area contributed by atoms with E-state index in [9.17, 15) is 91.8 Å². The number of ether oxygens (including phenoxy) is 2. The lowest BCUT2D eigenvalue weighted by Crippen LogP contribution is -2.66. The van der Waals surface area contributed by atoms with Gasteiger partial charge in [-0.2, -0.15) is 0 Å². The SMILES string of the molecule is O=C(NCCO[C@@H]1[C@H](O)[C@@H](OP(=O)(O)O)[C@H](OP(=O)(O)O)[C@@H](O)[C@@H]1OP(=O)(O)O)NCCO[C@H]1[C@@H](O)[C@H](OP(=O)(O)O)[C@@H](OP(=O)(O)O)[C@H](O)[C@H]1OP(=O)(O)O. The van der Waals surface area contributed by atoms with E-state index in [4.69, 9.17) is 29.0 Å². The highest BCUT2D eigenvalue weighted by Crippen LogP contribution is 2.51. The van der Waals surface area contributed by atoms with Crippen molar-refractivity contribution in [2.24, 2.45) is 0 Å². The molecule has 2 aliphatic carbocycles. The van der Waals surface area contributed by atoms with Crippen molar-refractivity contribution in [3.05, 3.63) is 0 Å². The van der Waals surface area contributed by atoms with Crippen LogP contribution < -0.4 is 10.6 Å². The Hall–Kier alpha value is -0.310. The van der Waals surface area contributed by atoms with Gasteiger partial charge in [-0.05, 0) is 0 Å². The summed E-state index contributed by atoms with van der Waals surface area (Å²) in [6, 6.07) is -1.13. The molecule has 2 fully saturated rings. The predicted molar refractivity (Wildman–Crippen MR) is 166 cm³/mol. The molecule has 0 aromatic rings. The maximum Gasteiger partial charge on any atom is 0.470 e. The number of urea groups is 1. The molecule has 0 unspecified atom stereocenters. The molecule has 12 atom stereocenters. The molecule has 2 aliphatic rings. The fraction of sp³-hybridized carbons (Fsp3) is 0.941. The van der Waals surface area contributed by atoms with Crippen LogP contribution in [0.4, 0.5) is 4.79 Å². The molecule has 33 nitrogen and oxygen atoms in total. The molecule has 2 amide bonds. The van der Waals surface area contributed by atoms with Crippen LogP contribution in [0.15, 0.2) is 0 Å². The number of carbonyl (C=O) groups excluding carboxylic acids is 1. The number of aliphatic hydroxyl groups excluding tert-OH is 4. The minimum atomic E-state index is -5.68. The standard InChI is InChI=1S/C17H38N2O31P6/c20-5-9(11(45-51(25,26)27)7(22)15(49-55(37,38)39)13(5)47-53(31,32)33)43-3-1-18-17(24)19-2-4-44-10-6(21)14(48-54(34,35)36)16(50-56(40,41)42)8(23)12(10)46-52(28,29)30/h5-16,20-23H,1-4H2,(H2,18,19,24)(H2,25,26,27)(H2,28,29,30)(H2,31,32,33)(H2,34,35,36)(H2,37,38,39)(H2,40,41,42)/t5-,6+,7-,8+,9+,10-,11-,12+,13+,14-,15+,16-. The van der Waals surface area contributed by atoms with Gasteiger partial charge in [-0.1, -0.05) is 0 Å². The van der Waals surface area contributed by atoms with Crippen LogP contribution in [-0.4, -0.2) is 185 Å². The van der Waals surface area contributed by atoms with Gasteiger partial charge >= 0.3 is 53.0 Å². The summed E-state index contributed by atoms with van der Waals surface area (Å²) >= 11 is 0. The second-order valence-corrected chi connectivity index (χ2v) is 18.3. The summed E-state index contributed by atoms with van der Waals surface area (Å²) in [7, 11) is -34.0. The quantitative estimate of drug-likeness (QED) is 0.0398. The lowest BCUT2D eigenvalue weighted by Gasteiger charge is -2.46. The molecular weight excluding hydrogens is 914 g/mol. The van der Waals surface area contributed by atoms with Crippen LogP contribution in [0.5, 0.6) is 0 Å². The summed E-state index contributed by atoms with van der Waals surface area (Å²) < 4.78 is 105. The van der Waals surface area contributed by atoms with Crippen LogP contribution in [0.2, 0.25) is 0 Å². The van der Waals surface area contributed by atoms with Crippen molar-refractivity contribution < 1.29 is 148 Å². The van der Waals surface area contributed by atoms with Crippen LogP contribution in [-0.2, 0) is 64.0 Å². The summed E-state index contributed by atoms with van der Waals surface area (Å²) in [6.07, 6.45) is -30.1. The number of hydrogen-bond donors (Lipinski definition) is 18. The number of rotatable bonds is 20. The highest BCUT2D eigenvalue weighted by Gasteiger charge is 2.59. The molecule has 0 radical (unpaired) electrons. The average molecular weight is 952 g/mol. The average Bonchev–Trinajstić information content (AvgIpc) is 2.97. The first-order valence-corrected chi connectivity index (χ1v) is 23.7.